The molecule has 0 aromatic heterocycles. The van der Waals surface area contributed by atoms with Gasteiger partial charge in [0, 0.05) is 0 Å². The van der Waals surface area contributed by atoms with Gasteiger partial charge in [-0.2, -0.15) is 0 Å². The summed E-state index contributed by atoms with van der Waals surface area (Å²) < 4.78 is 29.7. The van der Waals surface area contributed by atoms with E-state index >= 15 is 0 Å². The van der Waals surface area contributed by atoms with Crippen molar-refractivity contribution in [1.82, 2.24) is 0 Å². The maximum absolute atomic E-state index is 11.6. The van der Waals surface area contributed by atoms with Crippen molar-refractivity contribution >= 4 is 37.6 Å². The highest BCUT2D eigenvalue weighted by Crippen LogP contribution is 2.18. The minimum atomic E-state index is -3.48. The zero-order valence-electron chi connectivity index (χ0n) is 9.14. The molecule has 5 nitrogen and oxygen atoms in total. The van der Waals surface area contributed by atoms with Gasteiger partial charge in [-0.1, -0.05) is 28.1 Å². The number of carbonyl (C=O) groups is 1. The molecule has 0 aliphatic heterocycles. The highest BCUT2D eigenvalue weighted by atomic mass is 79.9. The molecule has 0 radical (unpaired) electrons. The number of anilines is 1. The van der Waals surface area contributed by atoms with Crippen molar-refractivity contribution in [2.24, 2.45) is 0 Å². The molecule has 0 saturated heterocycles. The molecule has 0 heterocycles. The number of benzene rings is 1. The smallest absolute Gasteiger partial charge is 0.340 e. The predicted molar refractivity (Wildman–Crippen MR) is 68.7 cm³/mol. The van der Waals surface area contributed by atoms with Crippen LogP contribution >= 0.6 is 15.9 Å². The van der Waals surface area contributed by atoms with E-state index in [0.29, 0.717) is 0 Å². The van der Waals surface area contributed by atoms with Gasteiger partial charge in [-0.05, 0) is 19.1 Å². The van der Waals surface area contributed by atoms with Gasteiger partial charge in [0.05, 0.1) is 17.9 Å². The van der Waals surface area contributed by atoms with Gasteiger partial charge >= 0.3 is 5.97 Å². The van der Waals surface area contributed by atoms with Crippen molar-refractivity contribution in [3.8, 4) is 0 Å². The van der Waals surface area contributed by atoms with Crippen molar-refractivity contribution < 1.29 is 17.9 Å². The zero-order chi connectivity index (χ0) is 12.9. The van der Waals surface area contributed by atoms with Crippen LogP contribution in [0.15, 0.2) is 24.3 Å². The molecular weight excluding hydrogens is 310 g/mol. The van der Waals surface area contributed by atoms with Crippen LogP contribution in [0.25, 0.3) is 0 Å². The Hall–Kier alpha value is -1.08. The number of hydrogen-bond donors (Lipinski definition) is 1. The molecule has 7 heteroatoms. The van der Waals surface area contributed by atoms with Gasteiger partial charge < -0.3 is 4.74 Å². The van der Waals surface area contributed by atoms with E-state index < -0.39 is 16.0 Å². The number of halogens is 1. The molecule has 17 heavy (non-hydrogen) atoms. The fourth-order valence-electron chi connectivity index (χ4n) is 1.15. The maximum Gasteiger partial charge on any atom is 0.340 e. The van der Waals surface area contributed by atoms with Gasteiger partial charge in [-0.25, -0.2) is 13.2 Å². The Morgan fingerprint density at radius 1 is 1.41 bits per heavy atom. The summed E-state index contributed by atoms with van der Waals surface area (Å²) in [5, 5.41) is 0. The first-order valence-electron chi connectivity index (χ1n) is 4.82. The first-order chi connectivity index (χ1) is 8.00. The second kappa shape index (κ2) is 6.02. The van der Waals surface area contributed by atoms with Crippen molar-refractivity contribution in [2.75, 3.05) is 16.0 Å². The molecule has 0 unspecified atom stereocenters. The minimum absolute atomic E-state index is 0.193. The quantitative estimate of drug-likeness (QED) is 0.664. The Bertz CT molecular complexity index is 501. The fraction of sp³-hybridized carbons (Fsp3) is 0.300. The van der Waals surface area contributed by atoms with Crippen LogP contribution in [-0.4, -0.2) is 25.7 Å². The average Bonchev–Trinajstić information content (AvgIpc) is 2.29. The zero-order valence-corrected chi connectivity index (χ0v) is 11.5. The van der Waals surface area contributed by atoms with E-state index in [0.717, 1.165) is 0 Å². The van der Waals surface area contributed by atoms with Crippen LogP contribution in [-0.2, 0) is 14.8 Å². The molecule has 0 fully saturated rings. The summed E-state index contributed by atoms with van der Waals surface area (Å²) in [5.74, 6) is -0.555. The minimum Gasteiger partial charge on any atom is -0.462 e. The highest BCUT2D eigenvalue weighted by Gasteiger charge is 2.15. The fourth-order valence-corrected chi connectivity index (χ4v) is 2.06. The van der Waals surface area contributed by atoms with E-state index in [-0.39, 0.29) is 22.5 Å². The Morgan fingerprint density at radius 2 is 2.06 bits per heavy atom. The van der Waals surface area contributed by atoms with Gasteiger partial charge in [-0.3, -0.25) is 4.72 Å². The summed E-state index contributed by atoms with van der Waals surface area (Å²) in [7, 11) is -3.48. The SMILES string of the molecule is CCOC(=O)c1ccccc1NS(=O)(=O)CBr. The molecule has 0 spiro atoms. The van der Waals surface area contributed by atoms with Crippen molar-refractivity contribution in [3.05, 3.63) is 29.8 Å². The van der Waals surface area contributed by atoms with Crippen LogP contribution in [0.4, 0.5) is 5.69 Å². The van der Waals surface area contributed by atoms with Crippen molar-refractivity contribution in [2.45, 2.75) is 6.92 Å². The topological polar surface area (TPSA) is 72.5 Å². The first-order valence-corrected chi connectivity index (χ1v) is 7.60. The van der Waals surface area contributed by atoms with Crippen LogP contribution < -0.4 is 4.72 Å². The molecule has 0 amide bonds. The Morgan fingerprint density at radius 3 is 2.65 bits per heavy atom. The standard InChI is InChI=1S/C10H12BrNO4S/c1-2-16-10(13)8-5-3-4-6-9(8)12-17(14,15)7-11/h3-6,12H,2,7H2,1H3. The lowest BCUT2D eigenvalue weighted by atomic mass is 10.2. The molecule has 1 N–H and O–H groups in total. The van der Waals surface area contributed by atoms with Gasteiger partial charge in [0.25, 0.3) is 0 Å². The molecule has 0 saturated carbocycles. The lowest BCUT2D eigenvalue weighted by molar-refractivity contribution is 0.0527. The number of rotatable bonds is 5. The number of carbonyl (C=O) groups excluding carboxylic acids is 1. The number of sulfonamides is 1. The van der Waals surface area contributed by atoms with Gasteiger partial charge in [0.2, 0.25) is 10.0 Å². The monoisotopic (exact) mass is 321 g/mol. The van der Waals surface area contributed by atoms with Gasteiger partial charge in [-0.15, -0.1) is 0 Å². The summed E-state index contributed by atoms with van der Waals surface area (Å²) in [6.07, 6.45) is 0. The van der Waals surface area contributed by atoms with E-state index in [4.69, 9.17) is 4.74 Å². The van der Waals surface area contributed by atoms with Crippen LogP contribution in [0.3, 0.4) is 0 Å². The van der Waals surface area contributed by atoms with E-state index in [1.165, 1.54) is 12.1 Å². The summed E-state index contributed by atoms with van der Waals surface area (Å²) in [5.41, 5.74) is 0.407. The largest absolute Gasteiger partial charge is 0.462 e. The third-order valence-electron chi connectivity index (χ3n) is 1.83. The molecule has 1 rings (SSSR count). The highest BCUT2D eigenvalue weighted by molar-refractivity contribution is 9.10. The van der Waals surface area contributed by atoms with Crippen molar-refractivity contribution in [1.29, 1.82) is 0 Å². The maximum atomic E-state index is 11.6. The molecular formula is C10H12BrNO4S. The number of ether oxygens (including phenoxy) is 1. The van der Waals surface area contributed by atoms with E-state index in [1.807, 2.05) is 0 Å². The molecule has 0 atom stereocenters. The molecule has 0 aliphatic carbocycles. The molecule has 1 aromatic rings. The lowest BCUT2D eigenvalue weighted by Gasteiger charge is -2.10. The predicted octanol–water partition coefficient (Wildman–Crippen LogP) is 1.96. The van der Waals surface area contributed by atoms with Gasteiger partial charge in [0.15, 0.2) is 0 Å². The molecule has 1 aromatic carbocycles. The summed E-state index contributed by atoms with van der Waals surface area (Å²) in [4.78, 5) is 11.6. The van der Waals surface area contributed by atoms with Crippen LogP contribution in [0.1, 0.15) is 17.3 Å². The van der Waals surface area contributed by atoms with Crippen LogP contribution in [0.5, 0.6) is 0 Å². The van der Waals surface area contributed by atoms with Crippen LogP contribution in [0.2, 0.25) is 0 Å². The lowest BCUT2D eigenvalue weighted by Crippen LogP contribution is -2.16. The Labute approximate surface area is 108 Å². The van der Waals surface area contributed by atoms with E-state index in [2.05, 4.69) is 20.7 Å². The number of esters is 1. The van der Waals surface area contributed by atoms with Crippen LogP contribution in [0, 0.1) is 0 Å². The number of para-hydroxylation sites is 1. The third kappa shape index (κ3) is 4.01. The summed E-state index contributed by atoms with van der Waals surface area (Å²) >= 11 is 2.85. The Balaban J connectivity index is 3.04. The average molecular weight is 322 g/mol. The number of alkyl halides is 1. The molecule has 0 bridgehead atoms. The second-order valence-electron chi connectivity index (χ2n) is 3.09. The number of hydrogen-bond acceptors (Lipinski definition) is 4. The first kappa shape index (κ1) is 14.0. The van der Waals surface area contributed by atoms with Gasteiger partial charge in [0.1, 0.15) is 4.66 Å². The third-order valence-corrected chi connectivity index (χ3v) is 4.46. The number of nitrogens with one attached hydrogen (secondary N) is 1. The Kier molecular flexibility index (Phi) is 4.95. The normalized spacial score (nSPS) is 10.9. The summed E-state index contributed by atoms with van der Waals surface area (Å²) in [6.45, 7) is 1.92. The van der Waals surface area contributed by atoms with Crippen molar-refractivity contribution in [3.63, 3.8) is 0 Å². The molecule has 94 valence electrons. The van der Waals surface area contributed by atoms with E-state index in [1.54, 1.807) is 19.1 Å². The van der Waals surface area contributed by atoms with E-state index in [9.17, 15) is 13.2 Å². The second-order valence-corrected chi connectivity index (χ2v) is 6.12. The summed E-state index contributed by atoms with van der Waals surface area (Å²) in [6, 6.07) is 6.28. The molecule has 0 aliphatic rings.